The van der Waals surface area contributed by atoms with Crippen molar-refractivity contribution in [3.8, 4) is 0 Å². The number of carbonyl (C=O) groups excluding carboxylic acids is 1. The first-order valence-corrected chi connectivity index (χ1v) is 7.89. The van der Waals surface area contributed by atoms with Gasteiger partial charge in [-0.05, 0) is 25.0 Å². The second kappa shape index (κ2) is 7.32. The van der Waals surface area contributed by atoms with E-state index in [0.29, 0.717) is 6.42 Å². The van der Waals surface area contributed by atoms with E-state index in [0.717, 1.165) is 56.1 Å². The van der Waals surface area contributed by atoms with Crippen molar-refractivity contribution < 1.29 is 9.42 Å². The normalized spacial score (nSPS) is 15.8. The SMILES string of the molecule is Cc1nonc1CN1CCN(C(=O)CCc2cccnc2)CC1. The number of aromatic nitrogens is 3. The zero-order valence-corrected chi connectivity index (χ0v) is 13.3. The van der Waals surface area contributed by atoms with E-state index in [1.54, 1.807) is 6.20 Å². The molecule has 0 aliphatic carbocycles. The number of amides is 1. The van der Waals surface area contributed by atoms with E-state index in [4.69, 9.17) is 4.63 Å². The molecule has 0 atom stereocenters. The minimum Gasteiger partial charge on any atom is -0.340 e. The Labute approximate surface area is 135 Å². The molecular formula is C16H21N5O2. The van der Waals surface area contributed by atoms with E-state index >= 15 is 0 Å². The van der Waals surface area contributed by atoms with Crippen LogP contribution in [0.1, 0.15) is 23.4 Å². The molecule has 0 spiro atoms. The summed E-state index contributed by atoms with van der Waals surface area (Å²) in [4.78, 5) is 20.6. The number of carbonyl (C=O) groups is 1. The fourth-order valence-electron chi connectivity index (χ4n) is 2.72. The predicted molar refractivity (Wildman–Crippen MR) is 83.5 cm³/mol. The summed E-state index contributed by atoms with van der Waals surface area (Å²) in [5.74, 6) is 0.216. The van der Waals surface area contributed by atoms with Gasteiger partial charge in [0.25, 0.3) is 0 Å². The number of rotatable bonds is 5. The molecular weight excluding hydrogens is 294 g/mol. The molecule has 2 aromatic rings. The first-order valence-electron chi connectivity index (χ1n) is 7.89. The third kappa shape index (κ3) is 4.13. The number of hydrogen-bond donors (Lipinski definition) is 0. The zero-order valence-electron chi connectivity index (χ0n) is 13.3. The molecule has 1 amide bonds. The van der Waals surface area contributed by atoms with Crippen molar-refractivity contribution in [1.29, 1.82) is 0 Å². The lowest BCUT2D eigenvalue weighted by atomic mass is 10.1. The van der Waals surface area contributed by atoms with Gasteiger partial charge in [0.2, 0.25) is 5.91 Å². The van der Waals surface area contributed by atoms with Crippen molar-refractivity contribution >= 4 is 5.91 Å². The Bertz CT molecular complexity index is 635. The molecule has 3 rings (SSSR count). The van der Waals surface area contributed by atoms with Crippen molar-refractivity contribution in [2.45, 2.75) is 26.3 Å². The lowest BCUT2D eigenvalue weighted by Gasteiger charge is -2.34. The first-order chi connectivity index (χ1) is 11.2. The zero-order chi connectivity index (χ0) is 16.1. The Balaban J connectivity index is 1.43. The molecule has 2 aromatic heterocycles. The summed E-state index contributed by atoms with van der Waals surface area (Å²) < 4.78 is 4.72. The van der Waals surface area contributed by atoms with Gasteiger partial charge in [-0.2, -0.15) is 0 Å². The molecule has 0 N–H and O–H groups in total. The van der Waals surface area contributed by atoms with Crippen LogP contribution in [0.5, 0.6) is 0 Å². The van der Waals surface area contributed by atoms with Gasteiger partial charge in [-0.1, -0.05) is 16.4 Å². The Morgan fingerprint density at radius 2 is 2.09 bits per heavy atom. The van der Waals surface area contributed by atoms with Crippen LogP contribution in [0.3, 0.4) is 0 Å². The number of hydrogen-bond acceptors (Lipinski definition) is 6. The van der Waals surface area contributed by atoms with Gasteiger partial charge in [0.15, 0.2) is 0 Å². The molecule has 0 aromatic carbocycles. The molecule has 23 heavy (non-hydrogen) atoms. The summed E-state index contributed by atoms with van der Waals surface area (Å²) in [5.41, 5.74) is 2.81. The molecule has 1 fully saturated rings. The molecule has 122 valence electrons. The second-order valence-electron chi connectivity index (χ2n) is 5.81. The Hall–Kier alpha value is -2.28. The number of aryl methyl sites for hydroxylation is 2. The third-order valence-corrected chi connectivity index (χ3v) is 4.20. The molecule has 0 unspecified atom stereocenters. The monoisotopic (exact) mass is 315 g/mol. The minimum atomic E-state index is 0.216. The van der Waals surface area contributed by atoms with Gasteiger partial charge in [0.1, 0.15) is 11.4 Å². The first kappa shape index (κ1) is 15.6. The topological polar surface area (TPSA) is 75.4 Å². The van der Waals surface area contributed by atoms with Crippen LogP contribution in [0.15, 0.2) is 29.2 Å². The molecule has 1 saturated heterocycles. The molecule has 7 heteroatoms. The van der Waals surface area contributed by atoms with E-state index < -0.39 is 0 Å². The van der Waals surface area contributed by atoms with E-state index in [9.17, 15) is 4.79 Å². The fraction of sp³-hybridized carbons (Fsp3) is 0.500. The van der Waals surface area contributed by atoms with Crippen molar-refractivity contribution in [2.75, 3.05) is 26.2 Å². The van der Waals surface area contributed by atoms with Crippen molar-refractivity contribution in [3.05, 3.63) is 41.5 Å². The van der Waals surface area contributed by atoms with Crippen LogP contribution in [0, 0.1) is 6.92 Å². The van der Waals surface area contributed by atoms with Gasteiger partial charge < -0.3 is 4.90 Å². The predicted octanol–water partition coefficient (Wildman–Crippen LogP) is 1.05. The minimum absolute atomic E-state index is 0.216. The highest BCUT2D eigenvalue weighted by atomic mass is 16.6. The maximum atomic E-state index is 12.3. The van der Waals surface area contributed by atoms with Crippen LogP contribution in [0.2, 0.25) is 0 Å². The maximum absolute atomic E-state index is 12.3. The lowest BCUT2D eigenvalue weighted by Crippen LogP contribution is -2.48. The highest BCUT2D eigenvalue weighted by molar-refractivity contribution is 5.76. The van der Waals surface area contributed by atoms with E-state index in [1.165, 1.54) is 0 Å². The molecule has 0 saturated carbocycles. The van der Waals surface area contributed by atoms with Gasteiger partial charge in [0.05, 0.1) is 0 Å². The smallest absolute Gasteiger partial charge is 0.222 e. The van der Waals surface area contributed by atoms with E-state index in [2.05, 4.69) is 20.2 Å². The van der Waals surface area contributed by atoms with Gasteiger partial charge in [-0.3, -0.25) is 14.7 Å². The standard InChI is InChI=1S/C16H21N5O2/c1-13-15(19-23-18-13)12-20-7-9-21(10-8-20)16(22)5-4-14-3-2-6-17-11-14/h2-3,6,11H,4-5,7-10,12H2,1H3. The lowest BCUT2D eigenvalue weighted by molar-refractivity contribution is -0.133. The molecule has 0 radical (unpaired) electrons. The van der Waals surface area contributed by atoms with Crippen molar-refractivity contribution in [3.63, 3.8) is 0 Å². The Morgan fingerprint density at radius 3 is 2.74 bits per heavy atom. The molecule has 3 heterocycles. The molecule has 1 aliphatic heterocycles. The van der Waals surface area contributed by atoms with Gasteiger partial charge in [0, 0.05) is 51.5 Å². The maximum Gasteiger partial charge on any atom is 0.222 e. The average Bonchev–Trinajstić information content (AvgIpc) is 2.99. The van der Waals surface area contributed by atoms with Crippen LogP contribution >= 0.6 is 0 Å². The second-order valence-corrected chi connectivity index (χ2v) is 5.81. The van der Waals surface area contributed by atoms with Crippen molar-refractivity contribution in [1.82, 2.24) is 25.1 Å². The molecule has 7 nitrogen and oxygen atoms in total. The van der Waals surface area contributed by atoms with Gasteiger partial charge in [-0.15, -0.1) is 0 Å². The van der Waals surface area contributed by atoms with E-state index in [-0.39, 0.29) is 5.91 Å². The van der Waals surface area contributed by atoms with Crippen LogP contribution in [-0.2, 0) is 17.8 Å². The molecule has 0 bridgehead atoms. The van der Waals surface area contributed by atoms with Crippen LogP contribution in [0.25, 0.3) is 0 Å². The summed E-state index contributed by atoms with van der Waals surface area (Å²) in [7, 11) is 0. The van der Waals surface area contributed by atoms with E-state index in [1.807, 2.05) is 30.2 Å². The van der Waals surface area contributed by atoms with Crippen LogP contribution in [0.4, 0.5) is 0 Å². The number of nitrogens with zero attached hydrogens (tertiary/aromatic N) is 5. The van der Waals surface area contributed by atoms with Crippen LogP contribution in [-0.4, -0.2) is 57.2 Å². The average molecular weight is 315 g/mol. The number of pyridine rings is 1. The third-order valence-electron chi connectivity index (χ3n) is 4.20. The summed E-state index contributed by atoms with van der Waals surface area (Å²) in [5, 5.41) is 7.71. The van der Waals surface area contributed by atoms with Gasteiger partial charge in [-0.25, -0.2) is 4.63 Å². The van der Waals surface area contributed by atoms with Gasteiger partial charge >= 0.3 is 0 Å². The largest absolute Gasteiger partial charge is 0.340 e. The fourth-order valence-corrected chi connectivity index (χ4v) is 2.72. The van der Waals surface area contributed by atoms with Crippen molar-refractivity contribution in [2.24, 2.45) is 0 Å². The van der Waals surface area contributed by atoms with Crippen LogP contribution < -0.4 is 0 Å². The number of piperazine rings is 1. The quantitative estimate of drug-likeness (QED) is 0.821. The summed E-state index contributed by atoms with van der Waals surface area (Å²) in [6.07, 6.45) is 4.85. The summed E-state index contributed by atoms with van der Waals surface area (Å²) >= 11 is 0. The highest BCUT2D eigenvalue weighted by Gasteiger charge is 2.22. The Kier molecular flexibility index (Phi) is 4.97. The summed E-state index contributed by atoms with van der Waals surface area (Å²) in [6.45, 7) is 5.85. The summed E-state index contributed by atoms with van der Waals surface area (Å²) in [6, 6.07) is 3.91. The Morgan fingerprint density at radius 1 is 1.26 bits per heavy atom. The molecule has 1 aliphatic rings. The highest BCUT2D eigenvalue weighted by Crippen LogP contribution is 2.11.